The molecule has 1 amide bonds. The van der Waals surface area contributed by atoms with Crippen molar-refractivity contribution in [1.82, 2.24) is 10.2 Å². The maximum Gasteiger partial charge on any atom is 0.238 e. The first-order valence-corrected chi connectivity index (χ1v) is 7.78. The Morgan fingerprint density at radius 1 is 1.05 bits per heavy atom. The fourth-order valence-electron chi connectivity index (χ4n) is 3.58. The van der Waals surface area contributed by atoms with Crippen molar-refractivity contribution in [3.05, 3.63) is 30.3 Å². The van der Waals surface area contributed by atoms with Gasteiger partial charge in [-0.3, -0.25) is 9.69 Å². The Morgan fingerprint density at radius 3 is 2.24 bits per heavy atom. The summed E-state index contributed by atoms with van der Waals surface area (Å²) in [6, 6.07) is 10.4. The van der Waals surface area contributed by atoms with Crippen LogP contribution in [-0.2, 0) is 4.79 Å². The van der Waals surface area contributed by atoms with Crippen molar-refractivity contribution >= 4 is 11.6 Å². The summed E-state index contributed by atoms with van der Waals surface area (Å²) in [5.74, 6) is -0.155. The van der Waals surface area contributed by atoms with E-state index in [1.165, 1.54) is 5.69 Å². The van der Waals surface area contributed by atoms with Gasteiger partial charge in [0.25, 0.3) is 0 Å². The molecule has 0 aliphatic carbocycles. The highest BCUT2D eigenvalue weighted by Gasteiger charge is 2.45. The highest BCUT2D eigenvalue weighted by molar-refractivity contribution is 5.85. The highest BCUT2D eigenvalue weighted by Crippen LogP contribution is 2.31. The highest BCUT2D eigenvalue weighted by atomic mass is 16.1. The van der Waals surface area contributed by atoms with E-state index in [4.69, 9.17) is 5.73 Å². The molecule has 0 unspecified atom stereocenters. The van der Waals surface area contributed by atoms with Crippen LogP contribution in [0.25, 0.3) is 0 Å². The normalized spacial score (nSPS) is 23.0. The maximum atomic E-state index is 12.2. The first-order chi connectivity index (χ1) is 10.2. The van der Waals surface area contributed by atoms with Gasteiger partial charge in [0, 0.05) is 45.0 Å². The van der Waals surface area contributed by atoms with Gasteiger partial charge in [0.15, 0.2) is 0 Å². The molecule has 2 heterocycles. The maximum absolute atomic E-state index is 12.2. The molecule has 0 aromatic heterocycles. The monoisotopic (exact) mass is 288 g/mol. The second-order valence-corrected chi connectivity index (χ2v) is 5.96. The smallest absolute Gasteiger partial charge is 0.238 e. The van der Waals surface area contributed by atoms with Crippen LogP contribution in [0, 0.1) is 0 Å². The lowest BCUT2D eigenvalue weighted by Gasteiger charge is -2.48. The second kappa shape index (κ2) is 6.03. The van der Waals surface area contributed by atoms with Crippen molar-refractivity contribution in [3.8, 4) is 0 Å². The average Bonchev–Trinajstić information content (AvgIpc) is 2.56. The molecule has 3 rings (SSSR count). The van der Waals surface area contributed by atoms with Gasteiger partial charge in [-0.05, 0) is 25.0 Å². The van der Waals surface area contributed by atoms with Gasteiger partial charge >= 0.3 is 0 Å². The predicted molar refractivity (Wildman–Crippen MR) is 84.3 cm³/mol. The standard InChI is InChI=1S/C16H24N4O/c17-15(21)16(20-12-8-18-9-13-20)6-10-19(11-7-16)14-4-2-1-3-5-14/h1-5,18H,6-13H2,(H2,17,21). The van der Waals surface area contributed by atoms with Crippen LogP contribution in [0.3, 0.4) is 0 Å². The number of piperidine rings is 1. The number of hydrogen-bond donors (Lipinski definition) is 2. The van der Waals surface area contributed by atoms with Crippen molar-refractivity contribution in [2.75, 3.05) is 44.2 Å². The van der Waals surface area contributed by atoms with E-state index in [1.54, 1.807) is 0 Å². The van der Waals surface area contributed by atoms with Crippen molar-refractivity contribution in [1.29, 1.82) is 0 Å². The molecule has 3 N–H and O–H groups in total. The summed E-state index contributed by atoms with van der Waals surface area (Å²) in [6.07, 6.45) is 1.63. The zero-order valence-corrected chi connectivity index (χ0v) is 12.4. The van der Waals surface area contributed by atoms with E-state index < -0.39 is 5.54 Å². The molecule has 114 valence electrons. The van der Waals surface area contributed by atoms with Gasteiger partial charge in [0.1, 0.15) is 5.54 Å². The third kappa shape index (κ3) is 2.76. The Labute approximate surface area is 126 Å². The number of carbonyl (C=O) groups excluding carboxylic acids is 1. The predicted octanol–water partition coefficient (Wildman–Crippen LogP) is 0.416. The largest absolute Gasteiger partial charge is 0.371 e. The fourth-order valence-corrected chi connectivity index (χ4v) is 3.58. The topological polar surface area (TPSA) is 61.6 Å². The lowest BCUT2D eigenvalue weighted by atomic mass is 9.84. The number of carbonyl (C=O) groups is 1. The number of primary amides is 1. The van der Waals surface area contributed by atoms with Gasteiger partial charge in [-0.1, -0.05) is 18.2 Å². The fraction of sp³-hybridized carbons (Fsp3) is 0.562. The molecule has 2 saturated heterocycles. The SMILES string of the molecule is NC(=O)C1(N2CCNCC2)CCN(c2ccccc2)CC1. The van der Waals surface area contributed by atoms with Crippen LogP contribution >= 0.6 is 0 Å². The summed E-state index contributed by atoms with van der Waals surface area (Å²) in [7, 11) is 0. The average molecular weight is 288 g/mol. The van der Waals surface area contributed by atoms with E-state index in [9.17, 15) is 4.79 Å². The number of hydrogen-bond acceptors (Lipinski definition) is 4. The first kappa shape index (κ1) is 14.4. The van der Waals surface area contributed by atoms with E-state index in [1.807, 2.05) is 6.07 Å². The molecule has 0 radical (unpaired) electrons. The summed E-state index contributed by atoms with van der Waals surface area (Å²) in [5.41, 5.74) is 6.58. The molecule has 1 aromatic rings. The minimum Gasteiger partial charge on any atom is -0.371 e. The van der Waals surface area contributed by atoms with E-state index in [2.05, 4.69) is 39.4 Å². The molecule has 1 aromatic carbocycles. The second-order valence-electron chi connectivity index (χ2n) is 5.96. The minimum absolute atomic E-state index is 0.155. The van der Waals surface area contributed by atoms with Crippen LogP contribution < -0.4 is 16.0 Å². The Kier molecular flexibility index (Phi) is 4.12. The van der Waals surface area contributed by atoms with Gasteiger partial charge in [0.05, 0.1) is 0 Å². The summed E-state index contributed by atoms with van der Waals surface area (Å²) in [5, 5.41) is 3.34. The molecular weight excluding hydrogens is 264 g/mol. The Balaban J connectivity index is 1.72. The van der Waals surface area contributed by atoms with Crippen LogP contribution in [0.5, 0.6) is 0 Å². The molecule has 0 atom stereocenters. The van der Waals surface area contributed by atoms with E-state index in [-0.39, 0.29) is 5.91 Å². The summed E-state index contributed by atoms with van der Waals surface area (Å²) >= 11 is 0. The third-order valence-electron chi connectivity index (χ3n) is 4.89. The van der Waals surface area contributed by atoms with E-state index >= 15 is 0 Å². The Morgan fingerprint density at radius 2 is 1.67 bits per heavy atom. The number of amides is 1. The van der Waals surface area contributed by atoms with Gasteiger partial charge < -0.3 is 16.0 Å². The molecule has 5 nitrogen and oxygen atoms in total. The summed E-state index contributed by atoms with van der Waals surface area (Å²) < 4.78 is 0. The minimum atomic E-state index is -0.451. The summed E-state index contributed by atoms with van der Waals surface area (Å²) in [4.78, 5) is 16.8. The Bertz CT molecular complexity index is 476. The Hall–Kier alpha value is -1.59. The quantitative estimate of drug-likeness (QED) is 0.846. The number of nitrogens with two attached hydrogens (primary N) is 1. The van der Waals surface area contributed by atoms with Crippen LogP contribution in [0.1, 0.15) is 12.8 Å². The lowest BCUT2D eigenvalue weighted by molar-refractivity contribution is -0.132. The molecule has 21 heavy (non-hydrogen) atoms. The van der Waals surface area contributed by atoms with Crippen LogP contribution in [0.2, 0.25) is 0 Å². The number of nitrogens with zero attached hydrogens (tertiary/aromatic N) is 2. The van der Waals surface area contributed by atoms with Crippen LogP contribution in [0.15, 0.2) is 30.3 Å². The third-order valence-corrected chi connectivity index (χ3v) is 4.89. The van der Waals surface area contributed by atoms with Gasteiger partial charge in [0.2, 0.25) is 5.91 Å². The molecule has 2 aliphatic rings. The molecule has 0 spiro atoms. The number of para-hydroxylation sites is 1. The molecule has 2 fully saturated rings. The van der Waals surface area contributed by atoms with E-state index in [0.29, 0.717) is 0 Å². The van der Waals surface area contributed by atoms with Crippen molar-refractivity contribution in [2.45, 2.75) is 18.4 Å². The number of piperazine rings is 1. The van der Waals surface area contributed by atoms with Crippen molar-refractivity contribution in [3.63, 3.8) is 0 Å². The van der Waals surface area contributed by atoms with Gasteiger partial charge in [-0.25, -0.2) is 0 Å². The first-order valence-electron chi connectivity index (χ1n) is 7.78. The molecular formula is C16H24N4O. The van der Waals surface area contributed by atoms with Gasteiger partial charge in [-0.2, -0.15) is 0 Å². The summed E-state index contributed by atoms with van der Waals surface area (Å²) in [6.45, 7) is 5.48. The number of rotatable bonds is 3. The van der Waals surface area contributed by atoms with Crippen LogP contribution in [0.4, 0.5) is 5.69 Å². The van der Waals surface area contributed by atoms with E-state index in [0.717, 1.165) is 52.1 Å². The zero-order chi connectivity index (χ0) is 14.7. The zero-order valence-electron chi connectivity index (χ0n) is 12.4. The number of benzene rings is 1. The van der Waals surface area contributed by atoms with Crippen molar-refractivity contribution < 1.29 is 4.79 Å². The van der Waals surface area contributed by atoms with Crippen molar-refractivity contribution in [2.24, 2.45) is 5.73 Å². The molecule has 0 bridgehead atoms. The lowest BCUT2D eigenvalue weighted by Crippen LogP contribution is -2.65. The molecule has 0 saturated carbocycles. The van der Waals surface area contributed by atoms with Gasteiger partial charge in [-0.15, -0.1) is 0 Å². The molecule has 5 heteroatoms. The van der Waals surface area contributed by atoms with Crippen LogP contribution in [-0.4, -0.2) is 55.6 Å². The number of anilines is 1. The number of nitrogens with one attached hydrogen (secondary N) is 1. The molecule has 2 aliphatic heterocycles.